The van der Waals surface area contributed by atoms with E-state index in [-0.39, 0.29) is 10.9 Å². The number of hydrogen-bond acceptors (Lipinski definition) is 5. The van der Waals surface area contributed by atoms with E-state index >= 15 is 0 Å². The lowest BCUT2D eigenvalue weighted by atomic mass is 10.1. The molecule has 1 aromatic carbocycles. The Morgan fingerprint density at radius 3 is 2.52 bits per heavy atom. The standard InChI is InChI=1S/C14H22N2O4S/c15-8-1-9-20-13-2-4-14(5-3-13)21(17,18)16-12-6-10-19-11-7-12/h2-5,12,16H,1,6-11,15H2. The fraction of sp³-hybridized carbons (Fsp3) is 0.571. The van der Waals surface area contributed by atoms with Gasteiger partial charge in [-0.15, -0.1) is 0 Å². The van der Waals surface area contributed by atoms with Crippen LogP contribution >= 0.6 is 0 Å². The number of hydrogen-bond donors (Lipinski definition) is 2. The van der Waals surface area contributed by atoms with Gasteiger partial charge in [-0.1, -0.05) is 0 Å². The van der Waals surface area contributed by atoms with Crippen molar-refractivity contribution in [2.45, 2.75) is 30.2 Å². The third kappa shape index (κ3) is 4.96. The summed E-state index contributed by atoms with van der Waals surface area (Å²) in [6.07, 6.45) is 2.18. The molecule has 1 heterocycles. The van der Waals surface area contributed by atoms with Gasteiger partial charge in [-0.05, 0) is 50.1 Å². The van der Waals surface area contributed by atoms with E-state index in [0.717, 1.165) is 6.42 Å². The predicted molar refractivity (Wildman–Crippen MR) is 79.8 cm³/mol. The molecule has 0 spiro atoms. The van der Waals surface area contributed by atoms with Crippen LogP contribution in [0.4, 0.5) is 0 Å². The second-order valence-corrected chi connectivity index (χ2v) is 6.68. The number of rotatable bonds is 7. The van der Waals surface area contributed by atoms with Crippen molar-refractivity contribution in [3.8, 4) is 5.75 Å². The summed E-state index contributed by atoms with van der Waals surface area (Å²) in [4.78, 5) is 0.250. The molecule has 0 saturated carbocycles. The summed E-state index contributed by atoms with van der Waals surface area (Å²) in [5, 5.41) is 0. The van der Waals surface area contributed by atoms with Crippen molar-refractivity contribution in [2.24, 2.45) is 5.73 Å². The van der Waals surface area contributed by atoms with Crippen molar-refractivity contribution in [2.75, 3.05) is 26.4 Å². The van der Waals surface area contributed by atoms with Crippen LogP contribution in [-0.4, -0.2) is 40.8 Å². The molecule has 7 heteroatoms. The number of nitrogens with two attached hydrogens (primary N) is 1. The van der Waals surface area contributed by atoms with E-state index in [0.29, 0.717) is 45.0 Å². The fourth-order valence-electron chi connectivity index (χ4n) is 2.09. The molecule has 0 amide bonds. The molecule has 3 N–H and O–H groups in total. The van der Waals surface area contributed by atoms with Crippen LogP contribution in [0.5, 0.6) is 5.75 Å². The summed E-state index contributed by atoms with van der Waals surface area (Å²) in [6, 6.07) is 6.38. The first-order chi connectivity index (χ1) is 10.1. The Balaban J connectivity index is 1.95. The maximum atomic E-state index is 12.3. The Hall–Kier alpha value is -1.15. The van der Waals surface area contributed by atoms with Crippen LogP contribution in [0.15, 0.2) is 29.2 Å². The van der Waals surface area contributed by atoms with E-state index in [9.17, 15) is 8.42 Å². The van der Waals surface area contributed by atoms with Gasteiger partial charge in [0.2, 0.25) is 10.0 Å². The van der Waals surface area contributed by atoms with Crippen molar-refractivity contribution >= 4 is 10.0 Å². The average Bonchev–Trinajstić information content (AvgIpc) is 2.49. The van der Waals surface area contributed by atoms with E-state index in [2.05, 4.69) is 4.72 Å². The Morgan fingerprint density at radius 2 is 1.90 bits per heavy atom. The molecule has 118 valence electrons. The molecule has 6 nitrogen and oxygen atoms in total. The molecule has 1 aromatic rings. The van der Waals surface area contributed by atoms with E-state index < -0.39 is 10.0 Å². The maximum Gasteiger partial charge on any atom is 0.240 e. The third-order valence-electron chi connectivity index (χ3n) is 3.29. The third-order valence-corrected chi connectivity index (χ3v) is 4.83. The topological polar surface area (TPSA) is 90.7 Å². The summed E-state index contributed by atoms with van der Waals surface area (Å²) in [7, 11) is -3.48. The van der Waals surface area contributed by atoms with Crippen molar-refractivity contribution < 1.29 is 17.9 Å². The van der Waals surface area contributed by atoms with Crippen molar-refractivity contribution in [1.29, 1.82) is 0 Å². The highest BCUT2D eigenvalue weighted by Crippen LogP contribution is 2.17. The van der Waals surface area contributed by atoms with E-state index in [1.807, 2.05) is 0 Å². The fourth-order valence-corrected chi connectivity index (χ4v) is 3.40. The minimum Gasteiger partial charge on any atom is -0.494 e. The van der Waals surface area contributed by atoms with Gasteiger partial charge < -0.3 is 15.2 Å². The number of ether oxygens (including phenoxy) is 2. The van der Waals surface area contributed by atoms with Gasteiger partial charge in [0.05, 0.1) is 11.5 Å². The minimum absolute atomic E-state index is 0.0516. The number of sulfonamides is 1. The lowest BCUT2D eigenvalue weighted by Crippen LogP contribution is -2.38. The highest BCUT2D eigenvalue weighted by molar-refractivity contribution is 7.89. The summed E-state index contributed by atoms with van der Waals surface area (Å²) in [5.41, 5.74) is 5.39. The first-order valence-electron chi connectivity index (χ1n) is 7.15. The van der Waals surface area contributed by atoms with E-state index in [1.54, 1.807) is 24.3 Å². The molecule has 21 heavy (non-hydrogen) atoms. The van der Waals surface area contributed by atoms with Gasteiger partial charge >= 0.3 is 0 Å². The van der Waals surface area contributed by atoms with Gasteiger partial charge in [0.1, 0.15) is 5.75 Å². The SMILES string of the molecule is NCCCOc1ccc(S(=O)(=O)NC2CCOCC2)cc1. The Bertz CT molecular complexity index is 524. The van der Waals surface area contributed by atoms with Crippen molar-refractivity contribution in [1.82, 2.24) is 4.72 Å². The largest absolute Gasteiger partial charge is 0.494 e. The van der Waals surface area contributed by atoms with Crippen LogP contribution in [0.25, 0.3) is 0 Å². The van der Waals surface area contributed by atoms with Gasteiger partial charge in [0, 0.05) is 19.3 Å². The zero-order valence-corrected chi connectivity index (χ0v) is 12.8. The molecule has 1 saturated heterocycles. The molecule has 0 radical (unpaired) electrons. The first-order valence-corrected chi connectivity index (χ1v) is 8.63. The zero-order chi connectivity index (χ0) is 15.1. The van der Waals surface area contributed by atoms with Gasteiger partial charge in [0.15, 0.2) is 0 Å². The highest BCUT2D eigenvalue weighted by Gasteiger charge is 2.21. The van der Waals surface area contributed by atoms with E-state index in [4.69, 9.17) is 15.2 Å². The summed E-state index contributed by atoms with van der Waals surface area (Å²) in [6.45, 7) is 2.30. The molecule has 1 aliphatic rings. The summed E-state index contributed by atoms with van der Waals surface area (Å²) >= 11 is 0. The molecular formula is C14H22N2O4S. The van der Waals surface area contributed by atoms with Crippen LogP contribution in [0.2, 0.25) is 0 Å². The quantitative estimate of drug-likeness (QED) is 0.729. The second-order valence-electron chi connectivity index (χ2n) is 4.97. The molecule has 0 bridgehead atoms. The summed E-state index contributed by atoms with van der Waals surface area (Å²) in [5.74, 6) is 0.647. The van der Waals surface area contributed by atoms with E-state index in [1.165, 1.54) is 0 Å². The molecule has 0 unspecified atom stereocenters. The smallest absolute Gasteiger partial charge is 0.240 e. The Morgan fingerprint density at radius 1 is 1.24 bits per heavy atom. The van der Waals surface area contributed by atoms with Gasteiger partial charge in [0.25, 0.3) is 0 Å². The van der Waals surface area contributed by atoms with Crippen LogP contribution in [-0.2, 0) is 14.8 Å². The normalized spacial score (nSPS) is 16.8. The lowest BCUT2D eigenvalue weighted by Gasteiger charge is -2.23. The summed E-state index contributed by atoms with van der Waals surface area (Å²) < 4.78 is 37.9. The predicted octanol–water partition coefficient (Wildman–Crippen LogP) is 0.872. The van der Waals surface area contributed by atoms with Crippen molar-refractivity contribution in [3.63, 3.8) is 0 Å². The highest BCUT2D eigenvalue weighted by atomic mass is 32.2. The number of benzene rings is 1. The zero-order valence-electron chi connectivity index (χ0n) is 12.0. The average molecular weight is 314 g/mol. The molecular weight excluding hydrogens is 292 g/mol. The Labute approximate surface area is 125 Å². The molecule has 0 aromatic heterocycles. The van der Waals surface area contributed by atoms with Gasteiger partial charge in [-0.2, -0.15) is 0 Å². The monoisotopic (exact) mass is 314 g/mol. The minimum atomic E-state index is -3.48. The maximum absolute atomic E-state index is 12.3. The Kier molecular flexibility index (Phi) is 5.98. The molecule has 0 aliphatic carbocycles. The molecule has 1 fully saturated rings. The molecule has 1 aliphatic heterocycles. The first kappa shape index (κ1) is 16.2. The second kappa shape index (κ2) is 7.74. The molecule has 2 rings (SSSR count). The van der Waals surface area contributed by atoms with Crippen LogP contribution in [0.1, 0.15) is 19.3 Å². The van der Waals surface area contributed by atoms with Crippen LogP contribution in [0.3, 0.4) is 0 Å². The molecule has 0 atom stereocenters. The number of nitrogens with one attached hydrogen (secondary N) is 1. The van der Waals surface area contributed by atoms with Gasteiger partial charge in [-0.25, -0.2) is 13.1 Å². The van der Waals surface area contributed by atoms with Gasteiger partial charge in [-0.3, -0.25) is 0 Å². The van der Waals surface area contributed by atoms with Crippen LogP contribution < -0.4 is 15.2 Å². The van der Waals surface area contributed by atoms with Crippen molar-refractivity contribution in [3.05, 3.63) is 24.3 Å². The lowest BCUT2D eigenvalue weighted by molar-refractivity contribution is 0.0832. The van der Waals surface area contributed by atoms with Crippen LogP contribution in [0, 0.1) is 0 Å².